The van der Waals surface area contributed by atoms with Crippen molar-refractivity contribution < 1.29 is 0 Å². The molecule has 124 valence electrons. The number of nitrogens with one attached hydrogen (secondary N) is 2. The highest BCUT2D eigenvalue weighted by Gasteiger charge is 2.21. The lowest BCUT2D eigenvalue weighted by molar-refractivity contribution is 0.486. The number of halogens is 1. The first-order chi connectivity index (χ1) is 10.8. The summed E-state index contributed by atoms with van der Waals surface area (Å²) in [7, 11) is 0. The first kappa shape index (κ1) is 17.9. The molecule has 1 atom stereocenters. The van der Waals surface area contributed by atoms with Crippen molar-refractivity contribution in [1.82, 2.24) is 15.5 Å². The SMILES string of the molecule is Br.CCCNCCC1Cc2ccc(-c3ccc(=O)[nH]n3)cc2C1. The highest BCUT2D eigenvalue weighted by Crippen LogP contribution is 2.31. The standard InChI is InChI=1S/C18H23N3O.BrH/c1-2-8-19-9-7-13-10-14-3-4-15(12-16(14)11-13)17-5-6-18(22)21-20-17;/h3-6,12-13,19H,2,7-11H2,1H3,(H,21,22);1H. The third kappa shape index (κ3) is 4.52. The van der Waals surface area contributed by atoms with Crippen LogP contribution in [-0.4, -0.2) is 23.3 Å². The number of nitrogens with zero attached hydrogens (tertiary/aromatic N) is 1. The maximum atomic E-state index is 11.1. The Morgan fingerprint density at radius 3 is 2.74 bits per heavy atom. The molecule has 1 aliphatic carbocycles. The smallest absolute Gasteiger partial charge is 0.264 e. The Morgan fingerprint density at radius 1 is 1.17 bits per heavy atom. The minimum absolute atomic E-state index is 0. The van der Waals surface area contributed by atoms with E-state index in [0.29, 0.717) is 0 Å². The fourth-order valence-electron chi connectivity index (χ4n) is 3.19. The summed E-state index contributed by atoms with van der Waals surface area (Å²) in [5, 5.41) is 10.1. The Bertz CT molecular complexity index is 678. The molecule has 1 aromatic carbocycles. The fourth-order valence-corrected chi connectivity index (χ4v) is 3.19. The number of rotatable bonds is 6. The average Bonchev–Trinajstić information content (AvgIpc) is 2.94. The van der Waals surface area contributed by atoms with Crippen LogP contribution in [0.5, 0.6) is 0 Å². The lowest BCUT2D eigenvalue weighted by Crippen LogP contribution is -2.19. The van der Waals surface area contributed by atoms with E-state index in [-0.39, 0.29) is 22.5 Å². The van der Waals surface area contributed by atoms with Crippen molar-refractivity contribution in [2.75, 3.05) is 13.1 Å². The van der Waals surface area contributed by atoms with E-state index in [0.717, 1.165) is 36.7 Å². The molecule has 5 heteroatoms. The van der Waals surface area contributed by atoms with Gasteiger partial charge in [-0.3, -0.25) is 4.79 Å². The highest BCUT2D eigenvalue weighted by atomic mass is 79.9. The van der Waals surface area contributed by atoms with Crippen molar-refractivity contribution in [2.45, 2.75) is 32.6 Å². The zero-order chi connectivity index (χ0) is 15.4. The first-order valence-electron chi connectivity index (χ1n) is 8.15. The molecule has 0 bridgehead atoms. The molecule has 2 aromatic rings. The Morgan fingerprint density at radius 2 is 2.00 bits per heavy atom. The monoisotopic (exact) mass is 377 g/mol. The zero-order valence-electron chi connectivity index (χ0n) is 13.5. The minimum atomic E-state index is -0.162. The second kappa shape index (κ2) is 8.41. The van der Waals surface area contributed by atoms with Crippen LogP contribution in [0.4, 0.5) is 0 Å². The summed E-state index contributed by atoms with van der Waals surface area (Å²) >= 11 is 0. The number of aromatic amines is 1. The summed E-state index contributed by atoms with van der Waals surface area (Å²) in [6.45, 7) is 4.42. The van der Waals surface area contributed by atoms with E-state index >= 15 is 0 Å². The van der Waals surface area contributed by atoms with Gasteiger partial charge in [-0.15, -0.1) is 17.0 Å². The second-order valence-corrected chi connectivity index (χ2v) is 6.10. The van der Waals surface area contributed by atoms with Gasteiger partial charge in [0.05, 0.1) is 5.69 Å². The second-order valence-electron chi connectivity index (χ2n) is 6.10. The van der Waals surface area contributed by atoms with Gasteiger partial charge in [0.15, 0.2) is 0 Å². The van der Waals surface area contributed by atoms with Gasteiger partial charge in [0, 0.05) is 11.6 Å². The molecule has 4 nitrogen and oxygen atoms in total. The van der Waals surface area contributed by atoms with Crippen molar-refractivity contribution in [3.63, 3.8) is 0 Å². The van der Waals surface area contributed by atoms with E-state index in [1.165, 1.54) is 36.5 Å². The van der Waals surface area contributed by atoms with Crippen LogP contribution in [0.25, 0.3) is 11.3 Å². The zero-order valence-corrected chi connectivity index (χ0v) is 15.2. The van der Waals surface area contributed by atoms with Crippen molar-refractivity contribution in [3.8, 4) is 11.3 Å². The third-order valence-electron chi connectivity index (χ3n) is 4.35. The van der Waals surface area contributed by atoms with E-state index in [4.69, 9.17) is 0 Å². The van der Waals surface area contributed by atoms with Crippen molar-refractivity contribution in [2.24, 2.45) is 5.92 Å². The molecule has 3 rings (SSSR count). The quantitative estimate of drug-likeness (QED) is 0.760. The molecule has 0 saturated heterocycles. The Hall–Kier alpha value is -1.46. The summed E-state index contributed by atoms with van der Waals surface area (Å²) < 4.78 is 0. The molecule has 23 heavy (non-hydrogen) atoms. The van der Waals surface area contributed by atoms with Crippen LogP contribution >= 0.6 is 17.0 Å². The van der Waals surface area contributed by atoms with Crippen LogP contribution in [-0.2, 0) is 12.8 Å². The van der Waals surface area contributed by atoms with Gasteiger partial charge in [-0.05, 0) is 68.0 Å². The van der Waals surface area contributed by atoms with Gasteiger partial charge >= 0.3 is 0 Å². The van der Waals surface area contributed by atoms with E-state index in [1.54, 1.807) is 6.07 Å². The van der Waals surface area contributed by atoms with Crippen molar-refractivity contribution >= 4 is 17.0 Å². The molecule has 0 amide bonds. The van der Waals surface area contributed by atoms with Gasteiger partial charge in [0.2, 0.25) is 0 Å². The van der Waals surface area contributed by atoms with Gasteiger partial charge in [-0.1, -0.05) is 19.1 Å². The van der Waals surface area contributed by atoms with Crippen molar-refractivity contribution in [3.05, 3.63) is 51.8 Å². The van der Waals surface area contributed by atoms with Gasteiger partial charge in [0.25, 0.3) is 5.56 Å². The molecular weight excluding hydrogens is 354 g/mol. The van der Waals surface area contributed by atoms with Crippen LogP contribution in [0.1, 0.15) is 30.9 Å². The molecule has 2 N–H and O–H groups in total. The van der Waals surface area contributed by atoms with Crippen LogP contribution in [0, 0.1) is 5.92 Å². The Balaban J connectivity index is 0.00000192. The number of aromatic nitrogens is 2. The fraction of sp³-hybridized carbons (Fsp3) is 0.444. The molecule has 1 aromatic heterocycles. The number of benzene rings is 1. The maximum absolute atomic E-state index is 11.1. The molecule has 0 spiro atoms. The lowest BCUT2D eigenvalue weighted by Gasteiger charge is -2.09. The summed E-state index contributed by atoms with van der Waals surface area (Å²) in [6, 6.07) is 9.86. The maximum Gasteiger partial charge on any atom is 0.264 e. The number of hydrogen-bond acceptors (Lipinski definition) is 3. The number of hydrogen-bond donors (Lipinski definition) is 2. The molecule has 0 fully saturated rings. The summed E-state index contributed by atoms with van der Waals surface area (Å²) in [5.41, 5.74) is 4.65. The van der Waals surface area contributed by atoms with E-state index in [9.17, 15) is 4.79 Å². The largest absolute Gasteiger partial charge is 0.317 e. The summed E-state index contributed by atoms with van der Waals surface area (Å²) in [6.07, 6.45) is 4.77. The topological polar surface area (TPSA) is 57.8 Å². The molecular formula is C18H24BrN3O. The van der Waals surface area contributed by atoms with Crippen LogP contribution in [0.15, 0.2) is 35.1 Å². The van der Waals surface area contributed by atoms with Gasteiger partial charge in [0.1, 0.15) is 0 Å². The number of fused-ring (bicyclic) bond motifs is 1. The molecule has 1 aliphatic rings. The van der Waals surface area contributed by atoms with Crippen molar-refractivity contribution in [1.29, 1.82) is 0 Å². The van der Waals surface area contributed by atoms with E-state index < -0.39 is 0 Å². The Kier molecular flexibility index (Phi) is 6.54. The van der Waals surface area contributed by atoms with Gasteiger partial charge in [-0.2, -0.15) is 5.10 Å². The number of H-pyrrole nitrogens is 1. The van der Waals surface area contributed by atoms with Gasteiger partial charge < -0.3 is 5.32 Å². The lowest BCUT2D eigenvalue weighted by atomic mass is 10.0. The summed E-state index contributed by atoms with van der Waals surface area (Å²) in [5.74, 6) is 0.748. The predicted molar refractivity (Wildman–Crippen MR) is 99.3 cm³/mol. The third-order valence-corrected chi connectivity index (χ3v) is 4.35. The van der Waals surface area contributed by atoms with Crippen LogP contribution in [0.2, 0.25) is 0 Å². The summed E-state index contributed by atoms with van der Waals surface area (Å²) in [4.78, 5) is 11.1. The molecule has 0 saturated carbocycles. The average molecular weight is 378 g/mol. The van der Waals surface area contributed by atoms with Crippen LogP contribution < -0.4 is 10.9 Å². The highest BCUT2D eigenvalue weighted by molar-refractivity contribution is 8.93. The Labute approximate surface area is 147 Å². The normalized spacial score (nSPS) is 16.0. The predicted octanol–water partition coefficient (Wildman–Crippen LogP) is 3.12. The molecule has 0 radical (unpaired) electrons. The minimum Gasteiger partial charge on any atom is -0.317 e. The van der Waals surface area contributed by atoms with Crippen LogP contribution in [0.3, 0.4) is 0 Å². The van der Waals surface area contributed by atoms with E-state index in [1.807, 2.05) is 0 Å². The molecule has 1 heterocycles. The van der Waals surface area contributed by atoms with E-state index in [2.05, 4.69) is 40.6 Å². The first-order valence-corrected chi connectivity index (χ1v) is 8.15. The van der Waals surface area contributed by atoms with Gasteiger partial charge in [-0.25, -0.2) is 5.10 Å². The molecule has 0 aliphatic heterocycles. The molecule has 1 unspecified atom stereocenters.